The number of hydrogen-bond acceptors (Lipinski definition) is 5. The number of rotatable bonds is 8. The van der Waals surface area contributed by atoms with Crippen LogP contribution in [0.5, 0.6) is 0 Å². The Balaban J connectivity index is 0.00000320. The minimum Gasteiger partial charge on any atom is -0.302 e. The minimum absolute atomic E-state index is 0. The highest BCUT2D eigenvalue weighted by Crippen LogP contribution is 2.33. The van der Waals surface area contributed by atoms with Crippen LogP contribution < -0.4 is 4.90 Å². The number of thioether (sulfide) groups is 1. The fourth-order valence-corrected chi connectivity index (χ4v) is 5.07. The van der Waals surface area contributed by atoms with Gasteiger partial charge in [0.15, 0.2) is 5.13 Å². The number of hydrogen-bond donors (Lipinski definition) is 0. The molecule has 30 heavy (non-hydrogen) atoms. The molecule has 3 rings (SSSR count). The van der Waals surface area contributed by atoms with E-state index in [4.69, 9.17) is 16.6 Å². The molecule has 1 aromatic heterocycles. The first-order valence-electron chi connectivity index (χ1n) is 9.71. The summed E-state index contributed by atoms with van der Waals surface area (Å²) in [4.78, 5) is 23.5. The van der Waals surface area contributed by atoms with Crippen molar-refractivity contribution in [2.45, 2.75) is 25.7 Å². The zero-order valence-corrected chi connectivity index (χ0v) is 20.9. The van der Waals surface area contributed by atoms with Crippen LogP contribution in [0.2, 0.25) is 5.02 Å². The van der Waals surface area contributed by atoms with Crippen LogP contribution in [0, 0.1) is 6.92 Å². The average molecular weight is 485 g/mol. The van der Waals surface area contributed by atoms with Gasteiger partial charge in [-0.3, -0.25) is 9.69 Å². The molecule has 0 bridgehead atoms. The number of aromatic nitrogens is 1. The van der Waals surface area contributed by atoms with Crippen molar-refractivity contribution in [2.24, 2.45) is 0 Å². The van der Waals surface area contributed by atoms with E-state index in [0.29, 0.717) is 17.1 Å². The number of carbonyl (C=O) groups is 1. The van der Waals surface area contributed by atoms with E-state index in [1.165, 1.54) is 11.3 Å². The molecule has 0 saturated carbocycles. The van der Waals surface area contributed by atoms with Gasteiger partial charge in [0.25, 0.3) is 5.91 Å². The summed E-state index contributed by atoms with van der Waals surface area (Å²) in [5.74, 6) is -0.0207. The van der Waals surface area contributed by atoms with Crippen molar-refractivity contribution >= 4 is 68.4 Å². The third-order valence-electron chi connectivity index (χ3n) is 4.99. The number of carbonyl (C=O) groups excluding carboxylic acids is 1. The van der Waals surface area contributed by atoms with Crippen molar-refractivity contribution in [2.75, 3.05) is 37.3 Å². The van der Waals surface area contributed by atoms with Gasteiger partial charge in [0, 0.05) is 28.6 Å². The second-order valence-electron chi connectivity index (χ2n) is 6.78. The van der Waals surface area contributed by atoms with Crippen molar-refractivity contribution in [3.8, 4) is 0 Å². The number of thiazole rings is 1. The van der Waals surface area contributed by atoms with Crippen molar-refractivity contribution in [3.05, 3.63) is 52.5 Å². The molecule has 0 aliphatic heterocycles. The topological polar surface area (TPSA) is 36.4 Å². The lowest BCUT2D eigenvalue weighted by Crippen LogP contribution is -2.38. The van der Waals surface area contributed by atoms with Gasteiger partial charge in [-0.2, -0.15) is 0 Å². The molecule has 4 nitrogen and oxygen atoms in total. The first-order valence-corrected chi connectivity index (χ1v) is 12.1. The molecule has 0 saturated heterocycles. The quantitative estimate of drug-likeness (QED) is 0.347. The maximum absolute atomic E-state index is 13.4. The average Bonchev–Trinajstić information content (AvgIpc) is 3.15. The molecule has 0 aliphatic rings. The number of halogens is 2. The van der Waals surface area contributed by atoms with E-state index in [-0.39, 0.29) is 18.3 Å². The van der Waals surface area contributed by atoms with E-state index in [1.54, 1.807) is 11.8 Å². The number of aryl methyl sites for hydroxylation is 1. The predicted octanol–water partition coefficient (Wildman–Crippen LogP) is 6.39. The third-order valence-corrected chi connectivity index (χ3v) is 6.97. The minimum atomic E-state index is -0.0207. The lowest BCUT2D eigenvalue weighted by atomic mass is 10.2. The lowest BCUT2D eigenvalue weighted by Gasteiger charge is -2.24. The fraction of sp³-hybridized carbons (Fsp3) is 0.364. The van der Waals surface area contributed by atoms with Gasteiger partial charge in [-0.05, 0) is 68.2 Å². The summed E-state index contributed by atoms with van der Waals surface area (Å²) in [6, 6.07) is 11.6. The van der Waals surface area contributed by atoms with Crippen molar-refractivity contribution in [3.63, 3.8) is 0 Å². The molecular formula is C22H27Cl2N3OS2. The van der Waals surface area contributed by atoms with Gasteiger partial charge in [0.2, 0.25) is 0 Å². The highest BCUT2D eigenvalue weighted by Gasteiger charge is 2.22. The van der Waals surface area contributed by atoms with E-state index >= 15 is 0 Å². The smallest absolute Gasteiger partial charge is 0.260 e. The van der Waals surface area contributed by atoms with Crippen LogP contribution in [-0.2, 0) is 0 Å². The zero-order chi connectivity index (χ0) is 21.0. The monoisotopic (exact) mass is 483 g/mol. The van der Waals surface area contributed by atoms with Gasteiger partial charge in [-0.15, -0.1) is 24.2 Å². The first-order chi connectivity index (χ1) is 14.0. The Labute approximate surface area is 198 Å². The number of amides is 1. The third kappa shape index (κ3) is 5.68. The lowest BCUT2D eigenvalue weighted by molar-refractivity contribution is 0.0983. The normalized spacial score (nSPS) is 11.0. The summed E-state index contributed by atoms with van der Waals surface area (Å²) in [6.45, 7) is 9.58. The summed E-state index contributed by atoms with van der Waals surface area (Å²) in [7, 11) is 0. The summed E-state index contributed by atoms with van der Waals surface area (Å²) < 4.78 is 1.00. The van der Waals surface area contributed by atoms with E-state index < -0.39 is 0 Å². The fourth-order valence-electron chi connectivity index (χ4n) is 3.21. The molecule has 1 heterocycles. The molecule has 3 aromatic rings. The number of benzene rings is 2. The Hall–Kier alpha value is -1.31. The van der Waals surface area contributed by atoms with Crippen molar-refractivity contribution < 1.29 is 4.79 Å². The molecular weight excluding hydrogens is 457 g/mol. The van der Waals surface area contributed by atoms with Crippen LogP contribution >= 0.6 is 47.1 Å². The van der Waals surface area contributed by atoms with Gasteiger partial charge in [0.1, 0.15) is 0 Å². The molecule has 162 valence electrons. The summed E-state index contributed by atoms with van der Waals surface area (Å²) in [5.41, 5.74) is 2.61. The van der Waals surface area contributed by atoms with E-state index in [2.05, 4.69) is 18.7 Å². The first kappa shape index (κ1) is 25.0. The van der Waals surface area contributed by atoms with Gasteiger partial charge in [-0.25, -0.2) is 4.98 Å². The molecule has 1 amide bonds. The molecule has 0 unspecified atom stereocenters. The molecule has 8 heteroatoms. The highest BCUT2D eigenvalue weighted by molar-refractivity contribution is 7.98. The van der Waals surface area contributed by atoms with Gasteiger partial charge < -0.3 is 4.90 Å². The van der Waals surface area contributed by atoms with Crippen LogP contribution in [0.15, 0.2) is 41.3 Å². The van der Waals surface area contributed by atoms with Crippen LogP contribution in [0.1, 0.15) is 29.8 Å². The van der Waals surface area contributed by atoms with Crippen LogP contribution in [0.3, 0.4) is 0 Å². The zero-order valence-electron chi connectivity index (χ0n) is 17.6. The molecule has 0 aliphatic carbocycles. The number of likely N-dealkylation sites (N-methyl/N-ethyl adjacent to an activating group) is 1. The molecule has 2 aromatic carbocycles. The van der Waals surface area contributed by atoms with Crippen LogP contribution in [-0.4, -0.2) is 48.2 Å². The number of anilines is 1. The maximum atomic E-state index is 13.4. The van der Waals surface area contributed by atoms with Gasteiger partial charge >= 0.3 is 0 Å². The van der Waals surface area contributed by atoms with Crippen LogP contribution in [0.4, 0.5) is 5.13 Å². The van der Waals surface area contributed by atoms with Crippen molar-refractivity contribution in [1.29, 1.82) is 0 Å². The summed E-state index contributed by atoms with van der Waals surface area (Å²) >= 11 is 9.41. The molecule has 0 spiro atoms. The standard InChI is InChI=1S/C22H26ClN3OS2.ClH/c1-5-25(6-2)11-12-26(21(27)16-7-9-18(28-4)10-8-16)22-24-20-15(3)13-17(23)14-19(20)29-22;/h7-10,13-14H,5-6,11-12H2,1-4H3;1H. The maximum Gasteiger partial charge on any atom is 0.260 e. The van der Waals surface area contributed by atoms with E-state index in [1.807, 2.05) is 54.5 Å². The van der Waals surface area contributed by atoms with Gasteiger partial charge in [-0.1, -0.05) is 36.8 Å². The highest BCUT2D eigenvalue weighted by atomic mass is 35.5. The Morgan fingerprint density at radius 2 is 1.80 bits per heavy atom. The molecule has 0 radical (unpaired) electrons. The van der Waals surface area contributed by atoms with Gasteiger partial charge in [0.05, 0.1) is 10.2 Å². The van der Waals surface area contributed by atoms with E-state index in [0.717, 1.165) is 45.4 Å². The van der Waals surface area contributed by atoms with Crippen LogP contribution in [0.25, 0.3) is 10.2 Å². The molecule has 0 fully saturated rings. The number of fused-ring (bicyclic) bond motifs is 1. The Morgan fingerprint density at radius 3 is 2.40 bits per heavy atom. The Bertz CT molecular complexity index is 988. The second kappa shape index (κ2) is 11.3. The van der Waals surface area contributed by atoms with Crippen molar-refractivity contribution in [1.82, 2.24) is 9.88 Å². The largest absolute Gasteiger partial charge is 0.302 e. The molecule has 0 atom stereocenters. The summed E-state index contributed by atoms with van der Waals surface area (Å²) in [5, 5.41) is 1.41. The van der Waals surface area contributed by atoms with E-state index in [9.17, 15) is 4.79 Å². The predicted molar refractivity (Wildman–Crippen MR) is 134 cm³/mol. The molecule has 0 N–H and O–H groups in total. The summed E-state index contributed by atoms with van der Waals surface area (Å²) in [6.07, 6.45) is 2.03. The Kier molecular flexibility index (Phi) is 9.44. The Morgan fingerprint density at radius 1 is 1.13 bits per heavy atom. The SMILES string of the molecule is CCN(CC)CCN(C(=O)c1ccc(SC)cc1)c1nc2c(C)cc(Cl)cc2s1.Cl. The number of nitrogens with zero attached hydrogens (tertiary/aromatic N) is 3. The second-order valence-corrected chi connectivity index (χ2v) is 9.10.